The Morgan fingerprint density at radius 3 is 2.78 bits per heavy atom. The first kappa shape index (κ1) is 17.7. The van der Waals surface area contributed by atoms with Crippen LogP contribution in [0.5, 0.6) is 0 Å². The maximum atomic E-state index is 13.1. The largest absolute Gasteiger partial charge is 0.337 e. The predicted octanol–water partition coefficient (Wildman–Crippen LogP) is 4.90. The second-order valence-corrected chi connectivity index (χ2v) is 6.92. The molecule has 5 nitrogen and oxygen atoms in total. The van der Waals surface area contributed by atoms with Crippen molar-refractivity contribution in [2.24, 2.45) is 0 Å². The molecule has 138 valence electrons. The first-order chi connectivity index (χ1) is 13.1. The Balaban J connectivity index is 1.61. The van der Waals surface area contributed by atoms with E-state index in [2.05, 4.69) is 10.1 Å². The molecule has 1 aromatic heterocycles. The summed E-state index contributed by atoms with van der Waals surface area (Å²) in [5, 5.41) is 4.52. The van der Waals surface area contributed by atoms with E-state index in [1.165, 1.54) is 12.1 Å². The first-order valence-electron chi connectivity index (χ1n) is 8.78. The van der Waals surface area contributed by atoms with Gasteiger partial charge in [0.15, 0.2) is 0 Å². The smallest absolute Gasteiger partial charge is 0.254 e. The summed E-state index contributed by atoms with van der Waals surface area (Å²) < 4.78 is 18.6. The van der Waals surface area contributed by atoms with Crippen LogP contribution in [0.25, 0.3) is 11.4 Å². The third-order valence-corrected chi connectivity index (χ3v) is 4.90. The van der Waals surface area contributed by atoms with Crippen LogP contribution in [0.4, 0.5) is 4.39 Å². The summed E-state index contributed by atoms with van der Waals surface area (Å²) in [5.41, 5.74) is 1.20. The molecule has 1 aliphatic rings. The van der Waals surface area contributed by atoms with Crippen LogP contribution in [0.3, 0.4) is 0 Å². The maximum absolute atomic E-state index is 13.1. The SMILES string of the molecule is O=C(c1cccc(Cl)c1)N1CCCCC1c1nc(-c2ccc(F)cc2)no1. The molecule has 1 aliphatic heterocycles. The zero-order chi connectivity index (χ0) is 18.8. The summed E-state index contributed by atoms with van der Waals surface area (Å²) in [5.74, 6) is 0.340. The number of rotatable bonds is 3. The zero-order valence-electron chi connectivity index (χ0n) is 14.4. The summed E-state index contributed by atoms with van der Waals surface area (Å²) >= 11 is 6.03. The fraction of sp³-hybridized carbons (Fsp3) is 0.250. The Bertz CT molecular complexity index is 958. The molecule has 1 saturated heterocycles. The van der Waals surface area contributed by atoms with Gasteiger partial charge in [-0.15, -0.1) is 0 Å². The lowest BCUT2D eigenvalue weighted by atomic mass is 10.0. The number of carbonyl (C=O) groups excluding carboxylic acids is 1. The minimum absolute atomic E-state index is 0.108. The molecule has 1 atom stereocenters. The monoisotopic (exact) mass is 385 g/mol. The van der Waals surface area contributed by atoms with E-state index in [9.17, 15) is 9.18 Å². The molecule has 0 spiro atoms. The maximum Gasteiger partial charge on any atom is 0.254 e. The van der Waals surface area contributed by atoms with Gasteiger partial charge in [0, 0.05) is 22.7 Å². The Hall–Kier alpha value is -2.73. The number of nitrogens with zero attached hydrogens (tertiary/aromatic N) is 3. The number of amides is 1. The molecule has 0 radical (unpaired) electrons. The summed E-state index contributed by atoms with van der Waals surface area (Å²) in [7, 11) is 0. The van der Waals surface area contributed by atoms with Gasteiger partial charge < -0.3 is 9.42 Å². The summed E-state index contributed by atoms with van der Waals surface area (Å²) in [4.78, 5) is 19.2. The van der Waals surface area contributed by atoms with Gasteiger partial charge in [-0.05, 0) is 61.7 Å². The van der Waals surface area contributed by atoms with E-state index < -0.39 is 0 Å². The third kappa shape index (κ3) is 3.71. The molecule has 4 rings (SSSR count). The highest BCUT2D eigenvalue weighted by Crippen LogP contribution is 2.32. The van der Waals surface area contributed by atoms with Gasteiger partial charge in [-0.1, -0.05) is 22.8 Å². The summed E-state index contributed by atoms with van der Waals surface area (Å²) in [6.07, 6.45) is 2.64. The van der Waals surface area contributed by atoms with Crippen molar-refractivity contribution in [1.29, 1.82) is 0 Å². The molecular formula is C20H17ClFN3O2. The average molecular weight is 386 g/mol. The van der Waals surface area contributed by atoms with Gasteiger partial charge in [-0.25, -0.2) is 4.39 Å². The average Bonchev–Trinajstić information content (AvgIpc) is 3.18. The molecule has 27 heavy (non-hydrogen) atoms. The molecular weight excluding hydrogens is 369 g/mol. The van der Waals surface area contributed by atoms with Crippen LogP contribution in [0, 0.1) is 5.82 Å². The standard InChI is InChI=1S/C20H17ClFN3O2/c21-15-5-3-4-14(12-15)20(26)25-11-2-1-6-17(25)19-23-18(24-27-19)13-7-9-16(22)10-8-13/h3-5,7-10,12,17H,1-2,6,11H2. The van der Waals surface area contributed by atoms with Crippen molar-refractivity contribution in [2.45, 2.75) is 25.3 Å². The summed E-state index contributed by atoms with van der Waals surface area (Å²) in [6.45, 7) is 0.615. The highest BCUT2D eigenvalue weighted by molar-refractivity contribution is 6.30. The van der Waals surface area contributed by atoms with E-state index in [-0.39, 0.29) is 17.8 Å². The molecule has 0 bridgehead atoms. The highest BCUT2D eigenvalue weighted by Gasteiger charge is 2.32. The molecule has 0 aliphatic carbocycles. The molecule has 7 heteroatoms. The van der Waals surface area contributed by atoms with Gasteiger partial charge in [-0.2, -0.15) is 4.98 Å². The number of halogens is 2. The van der Waals surface area contributed by atoms with Gasteiger partial charge in [0.25, 0.3) is 5.91 Å². The van der Waals surface area contributed by atoms with Crippen molar-refractivity contribution < 1.29 is 13.7 Å². The van der Waals surface area contributed by atoms with Crippen LogP contribution in [0.1, 0.15) is 41.6 Å². The Morgan fingerprint density at radius 1 is 1.19 bits per heavy atom. The number of benzene rings is 2. The van der Waals surface area contributed by atoms with Crippen LogP contribution in [0.2, 0.25) is 5.02 Å². The number of piperidine rings is 1. The van der Waals surface area contributed by atoms with Crippen molar-refractivity contribution >= 4 is 17.5 Å². The molecule has 2 aromatic carbocycles. The lowest BCUT2D eigenvalue weighted by Crippen LogP contribution is -2.38. The fourth-order valence-corrected chi connectivity index (χ4v) is 3.50. The van der Waals surface area contributed by atoms with Gasteiger partial charge in [0.1, 0.15) is 11.9 Å². The van der Waals surface area contributed by atoms with E-state index in [4.69, 9.17) is 16.1 Å². The van der Waals surface area contributed by atoms with Crippen molar-refractivity contribution in [3.8, 4) is 11.4 Å². The van der Waals surface area contributed by atoms with Crippen molar-refractivity contribution in [3.63, 3.8) is 0 Å². The molecule has 1 amide bonds. The molecule has 1 unspecified atom stereocenters. The van der Waals surface area contributed by atoms with Crippen LogP contribution in [0.15, 0.2) is 53.1 Å². The first-order valence-corrected chi connectivity index (χ1v) is 9.16. The number of likely N-dealkylation sites (tertiary alicyclic amines) is 1. The second kappa shape index (κ2) is 7.48. The van der Waals surface area contributed by atoms with Gasteiger partial charge in [0.2, 0.25) is 11.7 Å². The van der Waals surface area contributed by atoms with E-state index >= 15 is 0 Å². The van der Waals surface area contributed by atoms with Gasteiger partial charge >= 0.3 is 0 Å². The number of aromatic nitrogens is 2. The molecule has 2 heterocycles. The minimum Gasteiger partial charge on any atom is -0.337 e. The quantitative estimate of drug-likeness (QED) is 0.643. The van der Waals surface area contributed by atoms with Crippen LogP contribution < -0.4 is 0 Å². The Labute approximate surface area is 160 Å². The fourth-order valence-electron chi connectivity index (χ4n) is 3.31. The summed E-state index contributed by atoms with van der Waals surface area (Å²) in [6, 6.07) is 12.5. The van der Waals surface area contributed by atoms with Crippen molar-refractivity contribution in [3.05, 3.63) is 70.8 Å². The normalized spacial score (nSPS) is 17.1. The lowest BCUT2D eigenvalue weighted by molar-refractivity contribution is 0.0561. The zero-order valence-corrected chi connectivity index (χ0v) is 15.2. The van der Waals surface area contributed by atoms with Crippen molar-refractivity contribution in [1.82, 2.24) is 15.0 Å². The van der Waals surface area contributed by atoms with Crippen LogP contribution >= 0.6 is 11.6 Å². The molecule has 0 N–H and O–H groups in total. The van der Waals surface area contributed by atoms with Crippen molar-refractivity contribution in [2.75, 3.05) is 6.54 Å². The second-order valence-electron chi connectivity index (χ2n) is 6.48. The van der Waals surface area contributed by atoms with E-state index in [1.54, 1.807) is 41.3 Å². The molecule has 1 fully saturated rings. The Morgan fingerprint density at radius 2 is 2.00 bits per heavy atom. The minimum atomic E-state index is -0.326. The van der Waals surface area contributed by atoms with Crippen LogP contribution in [-0.4, -0.2) is 27.5 Å². The highest BCUT2D eigenvalue weighted by atomic mass is 35.5. The van der Waals surface area contributed by atoms with Gasteiger partial charge in [0.05, 0.1) is 0 Å². The van der Waals surface area contributed by atoms with Crippen LogP contribution in [-0.2, 0) is 0 Å². The number of hydrogen-bond acceptors (Lipinski definition) is 4. The lowest BCUT2D eigenvalue weighted by Gasteiger charge is -2.33. The molecule has 3 aromatic rings. The van der Waals surface area contributed by atoms with E-state index in [1.807, 2.05) is 0 Å². The Kier molecular flexibility index (Phi) is 4.90. The predicted molar refractivity (Wildman–Crippen MR) is 98.8 cm³/mol. The number of carbonyl (C=O) groups is 1. The number of hydrogen-bond donors (Lipinski definition) is 0. The third-order valence-electron chi connectivity index (χ3n) is 4.66. The topological polar surface area (TPSA) is 59.2 Å². The molecule has 0 saturated carbocycles. The van der Waals surface area contributed by atoms with E-state index in [0.29, 0.717) is 34.4 Å². The van der Waals surface area contributed by atoms with Gasteiger partial charge in [-0.3, -0.25) is 4.79 Å². The van der Waals surface area contributed by atoms with E-state index in [0.717, 1.165) is 19.3 Å².